The number of aromatic nitrogens is 1. The van der Waals surface area contributed by atoms with Gasteiger partial charge in [0.2, 0.25) is 0 Å². The van der Waals surface area contributed by atoms with E-state index in [4.69, 9.17) is 0 Å². The van der Waals surface area contributed by atoms with Crippen molar-refractivity contribution in [2.75, 3.05) is 20.1 Å². The van der Waals surface area contributed by atoms with E-state index in [0.29, 0.717) is 11.6 Å². The molecule has 1 fully saturated rings. The van der Waals surface area contributed by atoms with Crippen LogP contribution in [0.1, 0.15) is 50.2 Å². The number of hydrogen-bond donors (Lipinski definition) is 1. The van der Waals surface area contributed by atoms with Crippen LogP contribution in [-0.4, -0.2) is 41.6 Å². The van der Waals surface area contributed by atoms with Gasteiger partial charge in [-0.3, -0.25) is 4.90 Å². The summed E-state index contributed by atoms with van der Waals surface area (Å²) >= 11 is 1.77. The van der Waals surface area contributed by atoms with Crippen LogP contribution in [0.15, 0.2) is 5.38 Å². The highest BCUT2D eigenvalue weighted by Gasteiger charge is 2.44. The molecule has 1 aromatic heterocycles. The Bertz CT molecular complexity index is 406. The Balaban J connectivity index is 2.21. The molecule has 1 aromatic rings. The summed E-state index contributed by atoms with van der Waals surface area (Å²) < 4.78 is 0. The summed E-state index contributed by atoms with van der Waals surface area (Å²) in [5, 5.41) is 7.02. The topological polar surface area (TPSA) is 28.2 Å². The highest BCUT2D eigenvalue weighted by molar-refractivity contribution is 7.09. The summed E-state index contributed by atoms with van der Waals surface area (Å²) in [5.41, 5.74) is 1.58. The highest BCUT2D eigenvalue weighted by atomic mass is 32.1. The molecule has 0 bridgehead atoms. The van der Waals surface area contributed by atoms with Gasteiger partial charge in [0, 0.05) is 23.4 Å². The first kappa shape index (κ1) is 15.9. The summed E-state index contributed by atoms with van der Waals surface area (Å²) in [7, 11) is 2.12. The minimum absolute atomic E-state index is 0.329. The second kappa shape index (κ2) is 7.01. The number of likely N-dealkylation sites (N-methyl/N-ethyl adjacent to an activating group) is 2. The van der Waals surface area contributed by atoms with Crippen molar-refractivity contribution in [3.8, 4) is 0 Å². The molecular formula is C16H29N3S. The average Bonchev–Trinajstić information content (AvgIpc) is 3.07. The Hall–Kier alpha value is -0.450. The molecule has 1 aliphatic carbocycles. The Morgan fingerprint density at radius 2 is 2.00 bits per heavy atom. The van der Waals surface area contributed by atoms with Crippen LogP contribution in [0, 0.1) is 6.92 Å². The second-order valence-electron chi connectivity index (χ2n) is 5.89. The van der Waals surface area contributed by atoms with E-state index in [-0.39, 0.29) is 0 Å². The lowest BCUT2D eigenvalue weighted by Crippen LogP contribution is -2.60. The second-order valence-corrected chi connectivity index (χ2v) is 6.95. The molecule has 4 heteroatoms. The van der Waals surface area contributed by atoms with Gasteiger partial charge in [0.05, 0.1) is 10.7 Å². The fraction of sp³-hybridized carbons (Fsp3) is 0.812. The zero-order valence-corrected chi connectivity index (χ0v) is 14.2. The van der Waals surface area contributed by atoms with Crippen molar-refractivity contribution in [1.82, 2.24) is 15.2 Å². The molecule has 1 N–H and O–H groups in total. The van der Waals surface area contributed by atoms with Crippen LogP contribution in [0.3, 0.4) is 0 Å². The predicted molar refractivity (Wildman–Crippen MR) is 87.5 cm³/mol. The third kappa shape index (κ3) is 3.07. The van der Waals surface area contributed by atoms with Crippen LogP contribution in [0.2, 0.25) is 0 Å². The first-order valence-corrected chi connectivity index (χ1v) is 8.87. The smallest absolute Gasteiger partial charge is 0.0897 e. The van der Waals surface area contributed by atoms with Gasteiger partial charge in [-0.25, -0.2) is 4.98 Å². The molecule has 0 spiro atoms. The van der Waals surface area contributed by atoms with Gasteiger partial charge in [0.25, 0.3) is 0 Å². The normalized spacial score (nSPS) is 19.6. The van der Waals surface area contributed by atoms with Crippen molar-refractivity contribution in [1.29, 1.82) is 0 Å². The van der Waals surface area contributed by atoms with Crippen LogP contribution < -0.4 is 5.32 Å². The van der Waals surface area contributed by atoms with Crippen LogP contribution in [0.4, 0.5) is 0 Å². The SMILES string of the molecule is CCN(CC)C1(C(Cc2csc(C)n2)NC)CCCC1. The summed E-state index contributed by atoms with van der Waals surface area (Å²) in [5.74, 6) is 0. The van der Waals surface area contributed by atoms with Crippen LogP contribution in [0.25, 0.3) is 0 Å². The van der Waals surface area contributed by atoms with Crippen molar-refractivity contribution < 1.29 is 0 Å². The summed E-state index contributed by atoms with van der Waals surface area (Å²) in [6.07, 6.45) is 6.43. The van der Waals surface area contributed by atoms with Crippen molar-refractivity contribution >= 4 is 11.3 Å². The monoisotopic (exact) mass is 295 g/mol. The molecule has 1 saturated carbocycles. The zero-order valence-electron chi connectivity index (χ0n) is 13.4. The molecule has 0 amide bonds. The third-order valence-electron chi connectivity index (χ3n) is 4.94. The van der Waals surface area contributed by atoms with Gasteiger partial charge >= 0.3 is 0 Å². The molecule has 1 aliphatic rings. The fourth-order valence-electron chi connectivity index (χ4n) is 4.00. The highest BCUT2D eigenvalue weighted by Crippen LogP contribution is 2.39. The molecule has 0 aromatic carbocycles. The molecular weight excluding hydrogens is 266 g/mol. The van der Waals surface area contributed by atoms with E-state index >= 15 is 0 Å². The van der Waals surface area contributed by atoms with Gasteiger partial charge < -0.3 is 5.32 Å². The Morgan fingerprint density at radius 1 is 1.35 bits per heavy atom. The van der Waals surface area contributed by atoms with Crippen LogP contribution >= 0.6 is 11.3 Å². The maximum Gasteiger partial charge on any atom is 0.0897 e. The molecule has 1 heterocycles. The zero-order chi connectivity index (χ0) is 14.6. The summed E-state index contributed by atoms with van der Waals surface area (Å²) in [4.78, 5) is 7.35. The quantitative estimate of drug-likeness (QED) is 0.837. The molecule has 0 aliphatic heterocycles. The van der Waals surface area contributed by atoms with Crippen molar-refractivity contribution in [3.63, 3.8) is 0 Å². The van der Waals surface area contributed by atoms with E-state index in [1.807, 2.05) is 0 Å². The number of thiazole rings is 1. The van der Waals surface area contributed by atoms with Gasteiger partial charge in [-0.05, 0) is 39.9 Å². The maximum absolute atomic E-state index is 4.67. The lowest BCUT2D eigenvalue weighted by molar-refractivity contribution is 0.0655. The van der Waals surface area contributed by atoms with Crippen LogP contribution in [0.5, 0.6) is 0 Å². The van der Waals surface area contributed by atoms with E-state index in [2.05, 4.69) is 48.4 Å². The molecule has 2 rings (SSSR count). The lowest BCUT2D eigenvalue weighted by atomic mass is 9.83. The van der Waals surface area contributed by atoms with E-state index in [1.54, 1.807) is 11.3 Å². The molecule has 1 atom stereocenters. The number of nitrogens with zero attached hydrogens (tertiary/aromatic N) is 2. The Morgan fingerprint density at radius 3 is 2.45 bits per heavy atom. The summed E-state index contributed by atoms with van der Waals surface area (Å²) in [6.45, 7) is 8.97. The molecule has 0 radical (unpaired) electrons. The lowest BCUT2D eigenvalue weighted by Gasteiger charge is -2.46. The molecule has 3 nitrogen and oxygen atoms in total. The fourth-order valence-corrected chi connectivity index (χ4v) is 4.62. The third-order valence-corrected chi connectivity index (χ3v) is 5.76. The van der Waals surface area contributed by atoms with E-state index < -0.39 is 0 Å². The first-order chi connectivity index (χ1) is 9.66. The van der Waals surface area contributed by atoms with Crippen molar-refractivity contribution in [2.24, 2.45) is 0 Å². The molecule has 0 saturated heterocycles. The number of nitrogens with one attached hydrogen (secondary N) is 1. The predicted octanol–water partition coefficient (Wildman–Crippen LogP) is 3.24. The molecule has 1 unspecified atom stereocenters. The van der Waals surface area contributed by atoms with Crippen LogP contribution in [-0.2, 0) is 6.42 Å². The van der Waals surface area contributed by atoms with E-state index in [1.165, 1.54) is 36.4 Å². The Kier molecular flexibility index (Phi) is 5.58. The maximum atomic E-state index is 4.67. The van der Waals surface area contributed by atoms with Gasteiger partial charge in [-0.2, -0.15) is 0 Å². The van der Waals surface area contributed by atoms with E-state index in [0.717, 1.165) is 19.5 Å². The number of aryl methyl sites for hydroxylation is 1. The van der Waals surface area contributed by atoms with Crippen molar-refractivity contribution in [3.05, 3.63) is 16.1 Å². The average molecular weight is 295 g/mol. The van der Waals surface area contributed by atoms with E-state index in [9.17, 15) is 0 Å². The van der Waals surface area contributed by atoms with Crippen molar-refractivity contribution in [2.45, 2.75) is 64.5 Å². The molecule has 114 valence electrons. The molecule has 20 heavy (non-hydrogen) atoms. The van der Waals surface area contributed by atoms with Gasteiger partial charge in [-0.1, -0.05) is 26.7 Å². The largest absolute Gasteiger partial charge is 0.315 e. The minimum Gasteiger partial charge on any atom is -0.315 e. The summed E-state index contributed by atoms with van der Waals surface area (Å²) in [6, 6.07) is 0.506. The van der Waals surface area contributed by atoms with Gasteiger partial charge in [0.1, 0.15) is 0 Å². The standard InChI is InChI=1S/C16H29N3S/c1-5-19(6-2)16(9-7-8-10-16)15(17-4)11-14-12-20-13(3)18-14/h12,15,17H,5-11H2,1-4H3. The number of hydrogen-bond acceptors (Lipinski definition) is 4. The Labute approximate surface area is 127 Å². The van der Waals surface area contributed by atoms with Gasteiger partial charge in [-0.15, -0.1) is 11.3 Å². The number of rotatable bonds is 7. The minimum atomic E-state index is 0.329. The van der Waals surface area contributed by atoms with Gasteiger partial charge in [0.15, 0.2) is 0 Å². The first-order valence-electron chi connectivity index (χ1n) is 7.99.